The van der Waals surface area contributed by atoms with Crippen molar-refractivity contribution in [2.75, 3.05) is 0 Å². The Balaban J connectivity index is 2.59. The smallest absolute Gasteiger partial charge is 0.352 e. The van der Waals surface area contributed by atoms with E-state index in [4.69, 9.17) is 5.11 Å². The van der Waals surface area contributed by atoms with Crippen LogP contribution in [0.1, 0.15) is 10.5 Å². The molecule has 0 aliphatic rings. The Morgan fingerprint density at radius 2 is 1.93 bits per heavy atom. The maximum Gasteiger partial charge on any atom is 0.352 e. The lowest BCUT2D eigenvalue weighted by molar-refractivity contribution is 0.0688. The van der Waals surface area contributed by atoms with Gasteiger partial charge >= 0.3 is 5.97 Å². The first-order chi connectivity index (χ1) is 7.20. The van der Waals surface area contributed by atoms with E-state index in [-0.39, 0.29) is 5.69 Å². The van der Waals surface area contributed by atoms with Gasteiger partial charge < -0.3 is 9.67 Å². The lowest BCUT2D eigenvalue weighted by Gasteiger charge is -2.07. The normalized spacial score (nSPS) is 10.2. The fourth-order valence-electron chi connectivity index (χ4n) is 1.41. The van der Waals surface area contributed by atoms with E-state index in [9.17, 15) is 4.79 Å². The number of hydrogen-bond acceptors (Lipinski definition) is 1. The lowest BCUT2D eigenvalue weighted by Crippen LogP contribution is -2.06. The number of rotatable bonds is 2. The number of carbonyl (C=O) groups is 1. The van der Waals surface area contributed by atoms with Gasteiger partial charge in [-0.2, -0.15) is 0 Å². The Labute approximate surface area is 100 Å². The zero-order valence-electron chi connectivity index (χ0n) is 7.72. The van der Waals surface area contributed by atoms with Gasteiger partial charge in [0.15, 0.2) is 0 Å². The van der Waals surface area contributed by atoms with Crippen molar-refractivity contribution in [2.24, 2.45) is 0 Å². The number of carboxylic acids is 1. The minimum Gasteiger partial charge on any atom is -0.477 e. The minimum absolute atomic E-state index is 0.277. The monoisotopic (exact) mass is 313 g/mol. The Kier molecular flexibility index (Phi) is 2.77. The molecule has 0 bridgehead atoms. The molecule has 1 aromatic carbocycles. The Hall–Kier alpha value is -1.30. The fraction of sp³-hybridized carbons (Fsp3) is 0. The van der Waals surface area contributed by atoms with E-state index in [1.54, 1.807) is 22.9 Å². The van der Waals surface area contributed by atoms with Gasteiger partial charge in [0, 0.05) is 9.77 Å². The van der Waals surface area contributed by atoms with Gasteiger partial charge in [-0.1, -0.05) is 12.1 Å². The molecule has 1 N–H and O–H groups in total. The molecule has 15 heavy (non-hydrogen) atoms. The molecule has 2 aromatic rings. The second-order valence-corrected chi connectivity index (χ2v) is 4.18. The van der Waals surface area contributed by atoms with Crippen LogP contribution in [0.5, 0.6) is 0 Å². The van der Waals surface area contributed by atoms with Crippen LogP contribution in [0.4, 0.5) is 0 Å². The minimum atomic E-state index is -0.917. The SMILES string of the molecule is O=C(O)c1cccn1-c1ccccc1I. The van der Waals surface area contributed by atoms with Gasteiger partial charge in [0.05, 0.1) is 5.69 Å². The molecule has 2 rings (SSSR count). The molecule has 0 saturated carbocycles. The third-order valence-corrected chi connectivity index (χ3v) is 2.99. The highest BCUT2D eigenvalue weighted by molar-refractivity contribution is 14.1. The largest absolute Gasteiger partial charge is 0.477 e. The summed E-state index contributed by atoms with van der Waals surface area (Å²) in [4.78, 5) is 10.9. The first-order valence-electron chi connectivity index (χ1n) is 4.35. The molecule has 1 aromatic heterocycles. The predicted octanol–water partition coefficient (Wildman–Crippen LogP) is 2.78. The van der Waals surface area contributed by atoms with Crippen LogP contribution >= 0.6 is 22.6 Å². The van der Waals surface area contributed by atoms with Crippen molar-refractivity contribution >= 4 is 28.6 Å². The number of halogens is 1. The van der Waals surface area contributed by atoms with Crippen molar-refractivity contribution in [2.45, 2.75) is 0 Å². The number of para-hydroxylation sites is 1. The van der Waals surface area contributed by atoms with Crippen molar-refractivity contribution < 1.29 is 9.90 Å². The molecule has 0 atom stereocenters. The summed E-state index contributed by atoms with van der Waals surface area (Å²) in [5.41, 5.74) is 1.17. The van der Waals surface area contributed by atoms with Crippen LogP contribution in [0.3, 0.4) is 0 Å². The summed E-state index contributed by atoms with van der Waals surface area (Å²) < 4.78 is 2.69. The second kappa shape index (κ2) is 4.06. The van der Waals surface area contributed by atoms with Gasteiger partial charge in [0.2, 0.25) is 0 Å². The maximum atomic E-state index is 10.9. The molecule has 0 saturated heterocycles. The van der Waals surface area contributed by atoms with E-state index in [0.717, 1.165) is 9.26 Å². The van der Waals surface area contributed by atoms with Crippen LogP contribution in [0, 0.1) is 3.57 Å². The highest BCUT2D eigenvalue weighted by atomic mass is 127. The van der Waals surface area contributed by atoms with E-state index in [0.29, 0.717) is 0 Å². The summed E-state index contributed by atoms with van der Waals surface area (Å²) >= 11 is 2.19. The molecule has 4 heteroatoms. The quantitative estimate of drug-likeness (QED) is 0.866. The van der Waals surface area contributed by atoms with Gasteiger partial charge in [-0.05, 0) is 46.9 Å². The molecular formula is C11H8INO2. The predicted molar refractivity (Wildman–Crippen MR) is 65.4 cm³/mol. The summed E-state index contributed by atoms with van der Waals surface area (Å²) in [6.45, 7) is 0. The van der Waals surface area contributed by atoms with Crippen molar-refractivity contribution in [1.29, 1.82) is 0 Å². The molecule has 0 radical (unpaired) electrons. The molecule has 0 aliphatic heterocycles. The number of benzene rings is 1. The van der Waals surface area contributed by atoms with Crippen molar-refractivity contribution in [3.63, 3.8) is 0 Å². The summed E-state index contributed by atoms with van der Waals surface area (Å²) in [5, 5.41) is 8.98. The van der Waals surface area contributed by atoms with Crippen LogP contribution in [-0.4, -0.2) is 15.6 Å². The first-order valence-corrected chi connectivity index (χ1v) is 5.43. The number of carboxylic acid groups (broad SMARTS) is 1. The first kappa shape index (κ1) is 10.2. The summed E-state index contributed by atoms with van der Waals surface area (Å²) in [7, 11) is 0. The van der Waals surface area contributed by atoms with Crippen molar-refractivity contribution in [3.8, 4) is 5.69 Å². The third-order valence-electron chi connectivity index (χ3n) is 2.08. The fourth-order valence-corrected chi connectivity index (χ4v) is 2.06. The Bertz CT molecular complexity index is 505. The average Bonchev–Trinajstić information content (AvgIpc) is 2.67. The summed E-state index contributed by atoms with van der Waals surface area (Å²) in [6.07, 6.45) is 1.75. The molecule has 1 heterocycles. The van der Waals surface area contributed by atoms with Crippen LogP contribution in [0.25, 0.3) is 5.69 Å². The van der Waals surface area contributed by atoms with E-state index in [1.807, 2.05) is 24.3 Å². The lowest BCUT2D eigenvalue weighted by atomic mass is 10.3. The highest BCUT2D eigenvalue weighted by Gasteiger charge is 2.11. The van der Waals surface area contributed by atoms with Gasteiger partial charge in [-0.3, -0.25) is 0 Å². The topological polar surface area (TPSA) is 42.2 Å². The van der Waals surface area contributed by atoms with Crippen LogP contribution in [-0.2, 0) is 0 Å². The molecule has 0 spiro atoms. The maximum absolute atomic E-state index is 10.9. The van der Waals surface area contributed by atoms with E-state index >= 15 is 0 Å². The standard InChI is InChI=1S/C11H8INO2/c12-8-4-1-2-5-9(8)13-7-3-6-10(13)11(14)15/h1-7H,(H,14,15). The number of hydrogen-bond donors (Lipinski definition) is 1. The molecule has 0 fully saturated rings. The number of aromatic nitrogens is 1. The van der Waals surface area contributed by atoms with Gasteiger partial charge in [-0.15, -0.1) is 0 Å². The number of aromatic carboxylic acids is 1. The Morgan fingerprint density at radius 3 is 2.60 bits per heavy atom. The van der Waals surface area contributed by atoms with Gasteiger partial charge in [0.25, 0.3) is 0 Å². The zero-order valence-corrected chi connectivity index (χ0v) is 9.88. The molecular weight excluding hydrogens is 305 g/mol. The van der Waals surface area contributed by atoms with E-state index < -0.39 is 5.97 Å². The van der Waals surface area contributed by atoms with Crippen LogP contribution < -0.4 is 0 Å². The van der Waals surface area contributed by atoms with E-state index in [1.165, 1.54) is 0 Å². The molecule has 0 unspecified atom stereocenters. The van der Waals surface area contributed by atoms with Crippen molar-refractivity contribution in [3.05, 3.63) is 51.9 Å². The summed E-state index contributed by atoms with van der Waals surface area (Å²) in [5.74, 6) is -0.917. The average molecular weight is 313 g/mol. The van der Waals surface area contributed by atoms with Crippen LogP contribution in [0.15, 0.2) is 42.6 Å². The Morgan fingerprint density at radius 1 is 1.20 bits per heavy atom. The van der Waals surface area contributed by atoms with Gasteiger partial charge in [0.1, 0.15) is 5.69 Å². The van der Waals surface area contributed by atoms with Crippen molar-refractivity contribution in [1.82, 2.24) is 4.57 Å². The highest BCUT2D eigenvalue weighted by Crippen LogP contribution is 2.19. The molecule has 0 amide bonds. The zero-order chi connectivity index (χ0) is 10.8. The molecule has 76 valence electrons. The molecule has 3 nitrogen and oxygen atoms in total. The van der Waals surface area contributed by atoms with Gasteiger partial charge in [-0.25, -0.2) is 4.79 Å². The van der Waals surface area contributed by atoms with E-state index in [2.05, 4.69) is 22.6 Å². The second-order valence-electron chi connectivity index (χ2n) is 3.02. The third kappa shape index (κ3) is 1.90. The molecule has 0 aliphatic carbocycles. The summed E-state index contributed by atoms with van der Waals surface area (Å²) in [6, 6.07) is 11.0. The number of nitrogens with zero attached hydrogens (tertiary/aromatic N) is 1. The van der Waals surface area contributed by atoms with Crippen LogP contribution in [0.2, 0.25) is 0 Å².